The fourth-order valence-corrected chi connectivity index (χ4v) is 3.48. The van der Waals surface area contributed by atoms with Crippen LogP contribution in [0, 0.1) is 0 Å². The van der Waals surface area contributed by atoms with Crippen molar-refractivity contribution in [1.29, 1.82) is 0 Å². The number of rotatable bonds is 5. The molecule has 1 aromatic carbocycles. The van der Waals surface area contributed by atoms with Crippen LogP contribution in [0.1, 0.15) is 29.6 Å². The molecule has 1 aromatic rings. The fourth-order valence-electron chi connectivity index (χ4n) is 3.48. The summed E-state index contributed by atoms with van der Waals surface area (Å²) < 4.78 is 16.0. The van der Waals surface area contributed by atoms with Gasteiger partial charge in [0.1, 0.15) is 0 Å². The highest BCUT2D eigenvalue weighted by molar-refractivity contribution is 5.96. The number of fused-ring (bicyclic) bond motifs is 1. The Kier molecular flexibility index (Phi) is 4.62. The predicted molar refractivity (Wildman–Crippen MR) is 86.1 cm³/mol. The van der Waals surface area contributed by atoms with Crippen LogP contribution < -0.4 is 14.8 Å². The first kappa shape index (κ1) is 16.6. The first-order valence-corrected chi connectivity index (χ1v) is 8.01. The highest BCUT2D eigenvalue weighted by atomic mass is 16.7. The number of ether oxygens (including phenoxy) is 3. The Hall–Kier alpha value is -2.28. The number of benzene rings is 1. The number of nitrogens with zero attached hydrogens (tertiary/aromatic N) is 1. The largest absolute Gasteiger partial charge is 0.454 e. The maximum absolute atomic E-state index is 13.0. The quantitative estimate of drug-likeness (QED) is 0.875. The van der Waals surface area contributed by atoms with Crippen LogP contribution in [0.5, 0.6) is 11.5 Å². The van der Waals surface area contributed by atoms with E-state index in [1.165, 1.54) is 0 Å². The predicted octanol–water partition coefficient (Wildman–Crippen LogP) is 1.17. The molecule has 1 fully saturated rings. The molecule has 2 aliphatic rings. The zero-order chi connectivity index (χ0) is 17.2. The van der Waals surface area contributed by atoms with Crippen molar-refractivity contribution in [2.45, 2.75) is 24.8 Å². The molecule has 0 aromatic heterocycles. The van der Waals surface area contributed by atoms with Crippen molar-refractivity contribution in [3.8, 4) is 11.5 Å². The molecule has 2 amide bonds. The molecule has 0 aliphatic carbocycles. The van der Waals surface area contributed by atoms with Crippen LogP contribution in [0.25, 0.3) is 0 Å². The van der Waals surface area contributed by atoms with E-state index in [4.69, 9.17) is 14.2 Å². The number of amides is 2. The zero-order valence-corrected chi connectivity index (χ0v) is 14.0. The van der Waals surface area contributed by atoms with Gasteiger partial charge in [-0.25, -0.2) is 0 Å². The van der Waals surface area contributed by atoms with E-state index in [0.717, 1.165) is 12.8 Å². The molecule has 1 N–H and O–H groups in total. The number of nitrogens with one attached hydrogen (secondary N) is 1. The van der Waals surface area contributed by atoms with Gasteiger partial charge >= 0.3 is 0 Å². The summed E-state index contributed by atoms with van der Waals surface area (Å²) in [5.74, 6) is 0.995. The van der Waals surface area contributed by atoms with E-state index in [2.05, 4.69) is 5.32 Å². The Bertz CT molecular complexity index is 648. The first-order valence-electron chi connectivity index (χ1n) is 8.01. The average molecular weight is 334 g/mol. The molecule has 0 saturated carbocycles. The van der Waals surface area contributed by atoms with Crippen LogP contribution in [0.3, 0.4) is 0 Å². The number of hydrogen-bond acceptors (Lipinski definition) is 5. The van der Waals surface area contributed by atoms with Gasteiger partial charge in [0, 0.05) is 26.3 Å². The van der Waals surface area contributed by atoms with Gasteiger partial charge in [-0.05, 0) is 31.0 Å². The van der Waals surface area contributed by atoms with Crippen molar-refractivity contribution in [3.05, 3.63) is 23.8 Å². The summed E-state index contributed by atoms with van der Waals surface area (Å²) in [5, 5.41) is 2.64. The van der Waals surface area contributed by atoms with Crippen molar-refractivity contribution in [1.82, 2.24) is 10.2 Å². The molecule has 2 heterocycles. The summed E-state index contributed by atoms with van der Waals surface area (Å²) in [6, 6.07) is 5.16. The lowest BCUT2D eigenvalue weighted by molar-refractivity contribution is -0.123. The summed E-state index contributed by atoms with van der Waals surface area (Å²) in [6.45, 7) is 1.10. The molecule has 7 heteroatoms. The highest BCUT2D eigenvalue weighted by Gasteiger charge is 2.45. The minimum atomic E-state index is -0.609. The molecule has 1 unspecified atom stereocenters. The average Bonchev–Trinajstić information content (AvgIpc) is 3.20. The molecule has 0 bridgehead atoms. The van der Waals surface area contributed by atoms with Crippen LogP contribution in [-0.4, -0.2) is 56.4 Å². The second kappa shape index (κ2) is 6.68. The summed E-state index contributed by atoms with van der Waals surface area (Å²) in [7, 11) is 3.19. The molecule has 1 atom stereocenters. The smallest absolute Gasteiger partial charge is 0.254 e. The van der Waals surface area contributed by atoms with Gasteiger partial charge in [-0.3, -0.25) is 9.59 Å². The lowest BCUT2D eigenvalue weighted by Gasteiger charge is -2.37. The van der Waals surface area contributed by atoms with E-state index in [1.807, 2.05) is 0 Å². The van der Waals surface area contributed by atoms with Gasteiger partial charge in [0.05, 0.1) is 18.6 Å². The van der Waals surface area contributed by atoms with Gasteiger partial charge in [0.15, 0.2) is 11.5 Å². The molecule has 130 valence electrons. The number of carbonyl (C=O) groups is 2. The monoisotopic (exact) mass is 334 g/mol. The minimum Gasteiger partial charge on any atom is -0.454 e. The standard InChI is InChI=1S/C17H22N2O5/c1-18-15(20)9-17(10-22-2)6-3-7-19(17)16(21)12-4-5-13-14(8-12)24-11-23-13/h4-5,8H,3,6-7,9-11H2,1-2H3,(H,18,20). The lowest BCUT2D eigenvalue weighted by Crippen LogP contribution is -2.52. The summed E-state index contributed by atoms with van der Waals surface area (Å²) in [6.07, 6.45) is 1.81. The number of carbonyl (C=O) groups excluding carboxylic acids is 2. The Morgan fingerprint density at radius 3 is 2.88 bits per heavy atom. The van der Waals surface area contributed by atoms with E-state index >= 15 is 0 Å². The van der Waals surface area contributed by atoms with Crippen LogP contribution >= 0.6 is 0 Å². The van der Waals surface area contributed by atoms with Gasteiger partial charge in [0.25, 0.3) is 5.91 Å². The molecule has 1 saturated heterocycles. The molecule has 24 heavy (non-hydrogen) atoms. The third-order valence-corrected chi connectivity index (χ3v) is 4.64. The second-order valence-corrected chi connectivity index (χ2v) is 6.14. The highest BCUT2D eigenvalue weighted by Crippen LogP contribution is 2.37. The number of methoxy groups -OCH3 is 1. The third-order valence-electron chi connectivity index (χ3n) is 4.64. The van der Waals surface area contributed by atoms with Crippen LogP contribution in [0.2, 0.25) is 0 Å². The molecular formula is C17H22N2O5. The van der Waals surface area contributed by atoms with Crippen molar-refractivity contribution in [3.63, 3.8) is 0 Å². The Labute approximate surface area is 140 Å². The van der Waals surface area contributed by atoms with Crippen molar-refractivity contribution in [2.75, 3.05) is 34.1 Å². The molecule has 7 nitrogen and oxygen atoms in total. The Balaban J connectivity index is 1.87. The van der Waals surface area contributed by atoms with Crippen LogP contribution in [0.15, 0.2) is 18.2 Å². The molecule has 2 aliphatic heterocycles. The maximum Gasteiger partial charge on any atom is 0.254 e. The Morgan fingerprint density at radius 1 is 1.33 bits per heavy atom. The molecule has 3 rings (SSSR count). The van der Waals surface area contributed by atoms with E-state index in [9.17, 15) is 9.59 Å². The normalized spacial score (nSPS) is 21.8. The lowest BCUT2D eigenvalue weighted by atomic mass is 9.91. The van der Waals surface area contributed by atoms with Gasteiger partial charge in [-0.2, -0.15) is 0 Å². The SMILES string of the molecule is CNC(=O)CC1(COC)CCCN1C(=O)c1ccc2c(c1)OCO2. The minimum absolute atomic E-state index is 0.0996. The number of likely N-dealkylation sites (tertiary alicyclic amines) is 1. The zero-order valence-electron chi connectivity index (χ0n) is 14.0. The van der Waals surface area contributed by atoms with Gasteiger partial charge < -0.3 is 24.4 Å². The Morgan fingerprint density at radius 2 is 2.12 bits per heavy atom. The van der Waals surface area contributed by atoms with E-state index < -0.39 is 5.54 Å². The topological polar surface area (TPSA) is 77.1 Å². The van der Waals surface area contributed by atoms with Gasteiger partial charge in [-0.15, -0.1) is 0 Å². The van der Waals surface area contributed by atoms with Crippen LogP contribution in [0.4, 0.5) is 0 Å². The van der Waals surface area contributed by atoms with E-state index in [-0.39, 0.29) is 25.0 Å². The molecule has 0 spiro atoms. The fraction of sp³-hybridized carbons (Fsp3) is 0.529. The first-order chi connectivity index (χ1) is 11.6. The van der Waals surface area contributed by atoms with Crippen molar-refractivity contribution in [2.24, 2.45) is 0 Å². The second-order valence-electron chi connectivity index (χ2n) is 6.14. The maximum atomic E-state index is 13.0. The third kappa shape index (κ3) is 2.91. The summed E-state index contributed by atoms with van der Waals surface area (Å²) in [4.78, 5) is 26.8. The molecular weight excluding hydrogens is 312 g/mol. The number of hydrogen-bond donors (Lipinski definition) is 1. The summed E-state index contributed by atoms with van der Waals surface area (Å²) in [5.41, 5.74) is -0.0824. The molecule has 0 radical (unpaired) electrons. The van der Waals surface area contributed by atoms with Gasteiger partial charge in [-0.1, -0.05) is 0 Å². The van der Waals surface area contributed by atoms with Crippen molar-refractivity contribution < 1.29 is 23.8 Å². The van der Waals surface area contributed by atoms with Crippen LogP contribution in [-0.2, 0) is 9.53 Å². The van der Waals surface area contributed by atoms with E-state index in [0.29, 0.717) is 30.2 Å². The van der Waals surface area contributed by atoms with Crippen molar-refractivity contribution >= 4 is 11.8 Å². The van der Waals surface area contributed by atoms with E-state index in [1.54, 1.807) is 37.3 Å². The summed E-state index contributed by atoms with van der Waals surface area (Å²) >= 11 is 0. The van der Waals surface area contributed by atoms with Gasteiger partial charge in [0.2, 0.25) is 12.7 Å².